The van der Waals surface area contributed by atoms with Crippen molar-refractivity contribution in [2.45, 2.75) is 39.5 Å². The summed E-state index contributed by atoms with van der Waals surface area (Å²) in [7, 11) is 0. The third-order valence-electron chi connectivity index (χ3n) is 2.51. The first kappa shape index (κ1) is 12.9. The van der Waals surface area contributed by atoms with E-state index in [4.69, 9.17) is 4.74 Å². The monoisotopic (exact) mass is 221 g/mol. The lowest BCUT2D eigenvalue weighted by Gasteiger charge is -2.11. The standard InChI is InChI=1S/C14H23NO/c1-3-5-6-9-12-16-14-11-8-7-10-13(14)15-4-2/h7-8,10-11,15H,3-6,9,12H2,1-2H3. The molecule has 0 saturated carbocycles. The van der Waals surface area contributed by atoms with Crippen molar-refractivity contribution in [3.05, 3.63) is 24.3 Å². The molecule has 0 amide bonds. The number of rotatable bonds is 8. The molecule has 0 saturated heterocycles. The minimum absolute atomic E-state index is 0.822. The van der Waals surface area contributed by atoms with E-state index in [1.165, 1.54) is 19.3 Å². The number of para-hydroxylation sites is 2. The van der Waals surface area contributed by atoms with Crippen molar-refractivity contribution < 1.29 is 4.74 Å². The maximum Gasteiger partial charge on any atom is 0.142 e. The van der Waals surface area contributed by atoms with Gasteiger partial charge in [-0.05, 0) is 25.5 Å². The molecule has 2 nitrogen and oxygen atoms in total. The first-order valence-electron chi connectivity index (χ1n) is 6.34. The number of nitrogens with one attached hydrogen (secondary N) is 1. The molecule has 0 radical (unpaired) electrons. The molecule has 0 spiro atoms. The van der Waals surface area contributed by atoms with Crippen LogP contribution in [-0.2, 0) is 0 Å². The molecule has 0 aliphatic heterocycles. The highest BCUT2D eigenvalue weighted by Crippen LogP contribution is 2.23. The molecule has 1 N–H and O–H groups in total. The number of hydrogen-bond donors (Lipinski definition) is 1. The number of anilines is 1. The summed E-state index contributed by atoms with van der Waals surface area (Å²) in [5, 5.41) is 3.30. The summed E-state index contributed by atoms with van der Waals surface area (Å²) in [6.07, 6.45) is 4.99. The van der Waals surface area contributed by atoms with E-state index in [9.17, 15) is 0 Å². The molecule has 90 valence electrons. The van der Waals surface area contributed by atoms with Crippen LogP contribution in [0.15, 0.2) is 24.3 Å². The first-order valence-corrected chi connectivity index (χ1v) is 6.34. The molecule has 0 atom stereocenters. The Labute approximate surface area is 99.0 Å². The van der Waals surface area contributed by atoms with E-state index in [2.05, 4.69) is 25.2 Å². The minimum Gasteiger partial charge on any atom is -0.491 e. The van der Waals surface area contributed by atoms with Crippen molar-refractivity contribution in [1.29, 1.82) is 0 Å². The van der Waals surface area contributed by atoms with E-state index in [0.717, 1.165) is 31.0 Å². The molecule has 1 aromatic carbocycles. The van der Waals surface area contributed by atoms with Gasteiger partial charge < -0.3 is 10.1 Å². The average Bonchev–Trinajstić information content (AvgIpc) is 2.31. The van der Waals surface area contributed by atoms with Gasteiger partial charge in [-0.3, -0.25) is 0 Å². The molecule has 0 heterocycles. The van der Waals surface area contributed by atoms with E-state index in [0.29, 0.717) is 0 Å². The van der Waals surface area contributed by atoms with Crippen LogP contribution < -0.4 is 10.1 Å². The number of benzene rings is 1. The molecule has 0 fully saturated rings. The Morgan fingerprint density at radius 2 is 1.88 bits per heavy atom. The zero-order chi connectivity index (χ0) is 11.6. The number of unbranched alkanes of at least 4 members (excludes halogenated alkanes) is 3. The lowest BCUT2D eigenvalue weighted by atomic mass is 10.2. The van der Waals surface area contributed by atoms with Crippen LogP contribution in [0.25, 0.3) is 0 Å². The zero-order valence-electron chi connectivity index (χ0n) is 10.5. The van der Waals surface area contributed by atoms with E-state index >= 15 is 0 Å². The van der Waals surface area contributed by atoms with Crippen LogP contribution in [0.1, 0.15) is 39.5 Å². The van der Waals surface area contributed by atoms with Crippen molar-refractivity contribution in [1.82, 2.24) is 0 Å². The van der Waals surface area contributed by atoms with Crippen molar-refractivity contribution in [2.75, 3.05) is 18.5 Å². The quantitative estimate of drug-likeness (QED) is 0.668. The minimum atomic E-state index is 0.822. The van der Waals surface area contributed by atoms with Crippen molar-refractivity contribution in [3.63, 3.8) is 0 Å². The van der Waals surface area contributed by atoms with E-state index in [-0.39, 0.29) is 0 Å². The Kier molecular flexibility index (Phi) is 6.47. The molecular formula is C14H23NO. The highest BCUT2D eigenvalue weighted by atomic mass is 16.5. The lowest BCUT2D eigenvalue weighted by Crippen LogP contribution is -2.02. The average molecular weight is 221 g/mol. The van der Waals surface area contributed by atoms with Crippen LogP contribution in [0.4, 0.5) is 5.69 Å². The van der Waals surface area contributed by atoms with Gasteiger partial charge in [-0.15, -0.1) is 0 Å². The molecule has 16 heavy (non-hydrogen) atoms. The molecule has 2 heteroatoms. The first-order chi connectivity index (χ1) is 7.88. The third-order valence-corrected chi connectivity index (χ3v) is 2.51. The Morgan fingerprint density at radius 1 is 1.06 bits per heavy atom. The van der Waals surface area contributed by atoms with Gasteiger partial charge in [0, 0.05) is 6.54 Å². The van der Waals surface area contributed by atoms with Crippen LogP contribution in [0.3, 0.4) is 0 Å². The molecule has 0 unspecified atom stereocenters. The van der Waals surface area contributed by atoms with Crippen LogP contribution in [-0.4, -0.2) is 13.2 Å². The SMILES string of the molecule is CCCCCCOc1ccccc1NCC. The van der Waals surface area contributed by atoms with E-state index in [1.54, 1.807) is 0 Å². The fourth-order valence-corrected chi connectivity index (χ4v) is 1.64. The molecule has 0 aliphatic carbocycles. The molecule has 1 rings (SSSR count). The summed E-state index contributed by atoms with van der Waals surface area (Å²) >= 11 is 0. The molecule has 0 aromatic heterocycles. The Bertz CT molecular complexity index is 286. The van der Waals surface area contributed by atoms with Crippen molar-refractivity contribution in [3.8, 4) is 5.75 Å². The van der Waals surface area contributed by atoms with Gasteiger partial charge in [0.15, 0.2) is 0 Å². The topological polar surface area (TPSA) is 21.3 Å². The second-order valence-electron chi connectivity index (χ2n) is 3.94. The zero-order valence-corrected chi connectivity index (χ0v) is 10.5. The van der Waals surface area contributed by atoms with Crippen LogP contribution in [0.5, 0.6) is 5.75 Å². The van der Waals surface area contributed by atoms with Gasteiger partial charge in [0.1, 0.15) is 5.75 Å². The second-order valence-corrected chi connectivity index (χ2v) is 3.94. The maximum atomic E-state index is 5.77. The van der Waals surface area contributed by atoms with Gasteiger partial charge in [0.25, 0.3) is 0 Å². The van der Waals surface area contributed by atoms with Crippen molar-refractivity contribution >= 4 is 5.69 Å². The van der Waals surface area contributed by atoms with Crippen LogP contribution in [0.2, 0.25) is 0 Å². The third kappa shape index (κ3) is 4.56. The van der Waals surface area contributed by atoms with Gasteiger partial charge in [-0.1, -0.05) is 38.3 Å². The Morgan fingerprint density at radius 3 is 2.62 bits per heavy atom. The Balaban J connectivity index is 2.34. The molecule has 0 bridgehead atoms. The number of hydrogen-bond acceptors (Lipinski definition) is 2. The molecule has 1 aromatic rings. The van der Waals surface area contributed by atoms with E-state index in [1.807, 2.05) is 18.2 Å². The summed E-state index contributed by atoms with van der Waals surface area (Å²) < 4.78 is 5.77. The predicted molar refractivity (Wildman–Crippen MR) is 70.2 cm³/mol. The predicted octanol–water partition coefficient (Wildman–Crippen LogP) is 4.08. The number of ether oxygens (including phenoxy) is 1. The van der Waals surface area contributed by atoms with Crippen LogP contribution >= 0.6 is 0 Å². The normalized spacial score (nSPS) is 10.1. The van der Waals surface area contributed by atoms with E-state index < -0.39 is 0 Å². The fourth-order valence-electron chi connectivity index (χ4n) is 1.64. The smallest absolute Gasteiger partial charge is 0.142 e. The lowest BCUT2D eigenvalue weighted by molar-refractivity contribution is 0.306. The van der Waals surface area contributed by atoms with Gasteiger partial charge in [-0.2, -0.15) is 0 Å². The summed E-state index contributed by atoms with van der Waals surface area (Å²) in [6.45, 7) is 6.07. The van der Waals surface area contributed by atoms with Crippen molar-refractivity contribution in [2.24, 2.45) is 0 Å². The summed E-state index contributed by atoms with van der Waals surface area (Å²) in [5.41, 5.74) is 1.10. The van der Waals surface area contributed by atoms with Gasteiger partial charge in [0.2, 0.25) is 0 Å². The second kappa shape index (κ2) is 8.03. The van der Waals surface area contributed by atoms with Gasteiger partial charge in [0.05, 0.1) is 12.3 Å². The maximum absolute atomic E-state index is 5.77. The fraction of sp³-hybridized carbons (Fsp3) is 0.571. The summed E-state index contributed by atoms with van der Waals surface area (Å²) in [4.78, 5) is 0. The largest absolute Gasteiger partial charge is 0.491 e. The summed E-state index contributed by atoms with van der Waals surface area (Å²) in [6, 6.07) is 8.13. The molecule has 0 aliphatic rings. The van der Waals surface area contributed by atoms with Gasteiger partial charge in [-0.25, -0.2) is 0 Å². The Hall–Kier alpha value is -1.18. The highest BCUT2D eigenvalue weighted by molar-refractivity contribution is 5.55. The highest BCUT2D eigenvalue weighted by Gasteiger charge is 2.00. The summed E-state index contributed by atoms with van der Waals surface area (Å²) in [5.74, 6) is 0.973. The van der Waals surface area contributed by atoms with Crippen LogP contribution in [0, 0.1) is 0 Å². The van der Waals surface area contributed by atoms with Gasteiger partial charge >= 0.3 is 0 Å². The molecular weight excluding hydrogens is 198 g/mol.